The Labute approximate surface area is 273 Å². The molecule has 3 aromatic carbocycles. The van der Waals surface area contributed by atoms with Gasteiger partial charge in [-0.2, -0.15) is 0 Å². The number of ether oxygens (including phenoxy) is 2. The highest BCUT2D eigenvalue weighted by Gasteiger charge is 2.52. The van der Waals surface area contributed by atoms with Crippen molar-refractivity contribution in [2.75, 3.05) is 0 Å². The first-order valence-electron chi connectivity index (χ1n) is 15.6. The number of carboxylic acids is 1. The summed E-state index contributed by atoms with van der Waals surface area (Å²) < 4.78 is 18.4. The Balaban J connectivity index is 2.11. The van der Waals surface area contributed by atoms with Crippen molar-refractivity contribution in [2.24, 2.45) is 0 Å². The van der Waals surface area contributed by atoms with Crippen molar-refractivity contribution in [3.8, 4) is 0 Å². The molecule has 0 saturated heterocycles. The van der Waals surface area contributed by atoms with Gasteiger partial charge in [-0.1, -0.05) is 119 Å². The van der Waals surface area contributed by atoms with Crippen LogP contribution in [0.2, 0.25) is 5.04 Å². The summed E-state index contributed by atoms with van der Waals surface area (Å²) in [4.78, 5) is 38.7. The molecule has 0 bridgehead atoms. The number of carbonyl (C=O) groups is 3. The molecular weight excluding hydrogens is 600 g/mol. The summed E-state index contributed by atoms with van der Waals surface area (Å²) in [6, 6.07) is 27.1. The molecule has 3 N–H and O–H groups in total. The lowest BCUT2D eigenvalue weighted by molar-refractivity contribution is -0.137. The Bertz CT molecular complexity index is 1370. The fourth-order valence-corrected chi connectivity index (χ4v) is 10.4. The first-order valence-corrected chi connectivity index (χ1v) is 17.5. The van der Waals surface area contributed by atoms with Crippen LogP contribution >= 0.6 is 0 Å². The molecule has 248 valence electrons. The standard InChI is InChI=1S/C36H48N2O7Si/c1-8-30(45-46(36(5,6)7,27-20-14-10-15-21-27)28-22-16-11-17-23-28)32(38-34(42)44-35(2,3)4)29(24-31(39)40)37-33(41)43-25-26-18-12-9-13-19-26/h9-23,29-30,32H,8,24-25H2,1-7H3,(H,37,41)(H,38,42)(H,39,40)/t29-,30?,32+/m1/s1. The third kappa shape index (κ3) is 9.92. The summed E-state index contributed by atoms with van der Waals surface area (Å²) in [5.74, 6) is -1.16. The van der Waals surface area contributed by atoms with Crippen LogP contribution in [0.15, 0.2) is 91.0 Å². The monoisotopic (exact) mass is 648 g/mol. The predicted octanol–water partition coefficient (Wildman–Crippen LogP) is 6.00. The first-order chi connectivity index (χ1) is 21.7. The van der Waals surface area contributed by atoms with Crippen molar-refractivity contribution in [1.29, 1.82) is 0 Å². The quantitative estimate of drug-likeness (QED) is 0.194. The van der Waals surface area contributed by atoms with Gasteiger partial charge in [-0.3, -0.25) is 4.79 Å². The topological polar surface area (TPSA) is 123 Å². The number of carboxylic acid groups (broad SMARTS) is 1. The molecule has 1 unspecified atom stereocenters. The van der Waals surface area contributed by atoms with E-state index in [1.54, 1.807) is 20.8 Å². The molecule has 0 aliphatic carbocycles. The molecule has 0 heterocycles. The lowest BCUT2D eigenvalue weighted by atomic mass is 9.97. The van der Waals surface area contributed by atoms with E-state index >= 15 is 0 Å². The fourth-order valence-electron chi connectivity index (χ4n) is 5.60. The zero-order valence-electron chi connectivity index (χ0n) is 27.9. The average Bonchev–Trinajstić information content (AvgIpc) is 2.99. The van der Waals surface area contributed by atoms with Crippen molar-refractivity contribution in [3.05, 3.63) is 96.6 Å². The maximum Gasteiger partial charge on any atom is 0.408 e. The molecule has 0 aliphatic rings. The molecule has 3 atom stereocenters. The number of amides is 2. The normalized spacial score (nSPS) is 14.0. The number of aliphatic carboxylic acids is 1. The molecule has 0 spiro atoms. The van der Waals surface area contributed by atoms with E-state index in [0.717, 1.165) is 15.9 Å². The molecule has 0 fully saturated rings. The van der Waals surface area contributed by atoms with Gasteiger partial charge in [-0.05, 0) is 48.2 Å². The Morgan fingerprint density at radius 2 is 1.26 bits per heavy atom. The third-order valence-electron chi connectivity index (χ3n) is 7.58. The van der Waals surface area contributed by atoms with Gasteiger partial charge in [-0.15, -0.1) is 0 Å². The Morgan fingerprint density at radius 1 is 0.761 bits per heavy atom. The van der Waals surface area contributed by atoms with E-state index in [0.29, 0.717) is 6.42 Å². The van der Waals surface area contributed by atoms with Crippen molar-refractivity contribution >= 4 is 36.8 Å². The van der Waals surface area contributed by atoms with E-state index in [1.165, 1.54) is 0 Å². The molecule has 0 aliphatic heterocycles. The van der Waals surface area contributed by atoms with E-state index in [4.69, 9.17) is 13.9 Å². The zero-order valence-corrected chi connectivity index (χ0v) is 28.9. The molecule has 0 aromatic heterocycles. The van der Waals surface area contributed by atoms with Crippen molar-refractivity contribution < 1.29 is 33.4 Å². The molecular formula is C36H48N2O7Si. The van der Waals surface area contributed by atoms with E-state index in [2.05, 4.69) is 55.7 Å². The Hall–Kier alpha value is -4.15. The van der Waals surface area contributed by atoms with E-state index < -0.39 is 61.7 Å². The van der Waals surface area contributed by atoms with Gasteiger partial charge >= 0.3 is 18.2 Å². The van der Waals surface area contributed by atoms with Crippen LogP contribution < -0.4 is 21.0 Å². The number of rotatable bonds is 13. The van der Waals surface area contributed by atoms with Crippen LogP contribution in [0.25, 0.3) is 0 Å². The van der Waals surface area contributed by atoms with Crippen molar-refractivity contribution in [3.63, 3.8) is 0 Å². The number of benzene rings is 3. The zero-order chi connectivity index (χ0) is 34.0. The van der Waals surface area contributed by atoms with Gasteiger partial charge in [-0.25, -0.2) is 9.59 Å². The summed E-state index contributed by atoms with van der Waals surface area (Å²) >= 11 is 0. The molecule has 46 heavy (non-hydrogen) atoms. The highest BCUT2D eigenvalue weighted by atomic mass is 28.4. The minimum atomic E-state index is -3.16. The summed E-state index contributed by atoms with van der Waals surface area (Å²) in [6.07, 6.45) is -2.41. The molecule has 3 aromatic rings. The SMILES string of the molecule is CCC(O[Si](c1ccccc1)(c1ccccc1)C(C)(C)C)[C@@H](NC(=O)OC(C)(C)C)[C@@H](CC(=O)O)NC(=O)OCc1ccccc1. The van der Waals surface area contributed by atoms with Crippen LogP contribution in [-0.2, 0) is 25.3 Å². The Morgan fingerprint density at radius 3 is 1.70 bits per heavy atom. The minimum absolute atomic E-state index is 0.00754. The molecule has 0 radical (unpaired) electrons. The van der Waals surface area contributed by atoms with Crippen LogP contribution in [-0.4, -0.2) is 55.4 Å². The van der Waals surface area contributed by atoms with E-state index in [1.807, 2.05) is 73.7 Å². The minimum Gasteiger partial charge on any atom is -0.481 e. The summed E-state index contributed by atoms with van der Waals surface area (Å²) in [5.41, 5.74) is -0.0446. The van der Waals surface area contributed by atoms with E-state index in [9.17, 15) is 19.5 Å². The van der Waals surface area contributed by atoms with Crippen LogP contribution in [0, 0.1) is 0 Å². The largest absolute Gasteiger partial charge is 0.481 e. The fraction of sp³-hybridized carbons (Fsp3) is 0.417. The van der Waals surface area contributed by atoms with Gasteiger partial charge in [0.05, 0.1) is 24.6 Å². The summed E-state index contributed by atoms with van der Waals surface area (Å²) in [7, 11) is -3.16. The summed E-state index contributed by atoms with van der Waals surface area (Å²) in [6.45, 7) is 13.5. The number of alkyl carbamates (subject to hydrolysis) is 2. The van der Waals surface area contributed by atoms with Gasteiger partial charge in [0.15, 0.2) is 0 Å². The van der Waals surface area contributed by atoms with Crippen molar-refractivity contribution in [2.45, 2.75) is 96.7 Å². The molecule has 3 rings (SSSR count). The van der Waals surface area contributed by atoms with Crippen LogP contribution in [0.4, 0.5) is 9.59 Å². The maximum absolute atomic E-state index is 13.3. The van der Waals surface area contributed by atoms with Gasteiger partial charge in [0.2, 0.25) is 0 Å². The highest BCUT2D eigenvalue weighted by molar-refractivity contribution is 6.99. The highest BCUT2D eigenvalue weighted by Crippen LogP contribution is 2.38. The number of hydrogen-bond acceptors (Lipinski definition) is 6. The lowest BCUT2D eigenvalue weighted by Crippen LogP contribution is -2.70. The second-order valence-corrected chi connectivity index (χ2v) is 17.6. The van der Waals surface area contributed by atoms with Crippen LogP contribution in [0.5, 0.6) is 0 Å². The predicted molar refractivity (Wildman–Crippen MR) is 182 cm³/mol. The van der Waals surface area contributed by atoms with Gasteiger partial charge in [0, 0.05) is 0 Å². The third-order valence-corrected chi connectivity index (χ3v) is 12.6. The van der Waals surface area contributed by atoms with Gasteiger partial charge in [0.25, 0.3) is 8.32 Å². The first kappa shape index (κ1) is 36.3. The van der Waals surface area contributed by atoms with E-state index in [-0.39, 0.29) is 6.61 Å². The van der Waals surface area contributed by atoms with Crippen LogP contribution in [0.1, 0.15) is 66.9 Å². The second kappa shape index (κ2) is 15.9. The molecule has 9 nitrogen and oxygen atoms in total. The smallest absolute Gasteiger partial charge is 0.408 e. The lowest BCUT2D eigenvalue weighted by Gasteiger charge is -2.47. The average molecular weight is 649 g/mol. The maximum atomic E-state index is 13.3. The Kier molecular flexibility index (Phi) is 12.6. The van der Waals surface area contributed by atoms with Gasteiger partial charge in [0.1, 0.15) is 12.2 Å². The van der Waals surface area contributed by atoms with Crippen molar-refractivity contribution in [1.82, 2.24) is 10.6 Å². The number of nitrogens with one attached hydrogen (secondary N) is 2. The second-order valence-electron chi connectivity index (χ2n) is 13.3. The summed E-state index contributed by atoms with van der Waals surface area (Å²) in [5, 5.41) is 17.2. The molecule has 10 heteroatoms. The molecule has 2 amide bonds. The number of carbonyl (C=O) groups excluding carboxylic acids is 2. The molecule has 0 saturated carbocycles. The van der Waals surface area contributed by atoms with Gasteiger partial charge < -0.3 is 29.6 Å². The van der Waals surface area contributed by atoms with Crippen LogP contribution in [0.3, 0.4) is 0 Å². The number of hydrogen-bond donors (Lipinski definition) is 3.